The highest BCUT2D eigenvalue weighted by Crippen LogP contribution is 2.13. The van der Waals surface area contributed by atoms with Crippen LogP contribution in [-0.4, -0.2) is 45.2 Å². The molecule has 0 atom stereocenters. The second kappa shape index (κ2) is 6.12. The van der Waals surface area contributed by atoms with Crippen LogP contribution in [-0.2, 0) is 14.4 Å². The van der Waals surface area contributed by atoms with Gasteiger partial charge in [0.15, 0.2) is 0 Å². The first kappa shape index (κ1) is 14.6. The van der Waals surface area contributed by atoms with Crippen LogP contribution in [0.1, 0.15) is 29.6 Å². The summed E-state index contributed by atoms with van der Waals surface area (Å²) >= 11 is 0. The number of carboxylic acids is 1. The first-order valence-electron chi connectivity index (χ1n) is 6.29. The van der Waals surface area contributed by atoms with Gasteiger partial charge in [-0.15, -0.1) is 0 Å². The fourth-order valence-corrected chi connectivity index (χ4v) is 1.93. The zero-order valence-electron chi connectivity index (χ0n) is 11.0. The molecule has 110 valence electrons. The zero-order chi connectivity index (χ0) is 15.4. The van der Waals surface area contributed by atoms with Crippen LogP contribution in [0.5, 0.6) is 0 Å². The molecular weight excluding hydrogens is 278 g/mol. The maximum Gasteiger partial charge on any atom is 0.337 e. The topological polar surface area (TPSA) is 117 Å². The number of aromatic nitrogens is 1. The minimum atomic E-state index is -1.15. The summed E-state index contributed by atoms with van der Waals surface area (Å²) in [6.07, 6.45) is 2.81. The molecule has 0 saturated carbocycles. The molecule has 0 radical (unpaired) electrons. The highest BCUT2D eigenvalue weighted by Gasteiger charge is 2.28. The average Bonchev–Trinajstić information content (AvgIpc) is 2.76. The molecule has 2 rings (SSSR count). The van der Waals surface area contributed by atoms with E-state index in [4.69, 9.17) is 5.11 Å². The standard InChI is InChI=1S/C13H13N3O5/c17-10(3-4-16-11(18)1-2-12(16)19)15-9-5-8(13(20)21)6-14-7-9/h5-7H,1-4H2,(H,15,17)(H,20,21). The first-order valence-corrected chi connectivity index (χ1v) is 6.29. The molecule has 2 heterocycles. The van der Waals surface area contributed by atoms with Gasteiger partial charge in [0.1, 0.15) is 0 Å². The summed E-state index contributed by atoms with van der Waals surface area (Å²) in [4.78, 5) is 50.0. The van der Waals surface area contributed by atoms with Crippen LogP contribution in [0.2, 0.25) is 0 Å². The Kier molecular flexibility index (Phi) is 4.27. The Labute approximate surface area is 119 Å². The van der Waals surface area contributed by atoms with E-state index >= 15 is 0 Å². The van der Waals surface area contributed by atoms with E-state index in [1.165, 1.54) is 18.5 Å². The lowest BCUT2D eigenvalue weighted by molar-refractivity contribution is -0.138. The fraction of sp³-hybridized carbons (Fsp3) is 0.308. The molecule has 0 aliphatic carbocycles. The van der Waals surface area contributed by atoms with E-state index in [0.717, 1.165) is 4.90 Å². The molecule has 1 aromatic rings. The molecule has 3 amide bonds. The van der Waals surface area contributed by atoms with Gasteiger partial charge >= 0.3 is 5.97 Å². The Hall–Kier alpha value is -2.77. The summed E-state index contributed by atoms with van der Waals surface area (Å²) in [6.45, 7) is 0.0234. The second-order valence-electron chi connectivity index (χ2n) is 4.50. The predicted octanol–water partition coefficient (Wildman–Crippen LogP) is 0.257. The van der Waals surface area contributed by atoms with Gasteiger partial charge < -0.3 is 10.4 Å². The number of nitrogens with zero attached hydrogens (tertiary/aromatic N) is 2. The molecule has 1 saturated heterocycles. The van der Waals surface area contributed by atoms with Crippen molar-refractivity contribution in [3.8, 4) is 0 Å². The smallest absolute Gasteiger partial charge is 0.337 e. The van der Waals surface area contributed by atoms with E-state index in [1.807, 2.05) is 0 Å². The first-order chi connectivity index (χ1) is 9.97. The summed E-state index contributed by atoms with van der Waals surface area (Å²) < 4.78 is 0. The maximum atomic E-state index is 11.7. The molecule has 1 aromatic heterocycles. The number of hydrogen-bond donors (Lipinski definition) is 2. The highest BCUT2D eigenvalue weighted by molar-refractivity contribution is 6.02. The number of carbonyl (C=O) groups excluding carboxylic acids is 3. The number of likely N-dealkylation sites (tertiary alicyclic amines) is 1. The molecule has 8 heteroatoms. The van der Waals surface area contributed by atoms with Crippen molar-refractivity contribution in [2.24, 2.45) is 0 Å². The number of carboxylic acid groups (broad SMARTS) is 1. The lowest BCUT2D eigenvalue weighted by Crippen LogP contribution is -2.32. The van der Waals surface area contributed by atoms with E-state index in [1.54, 1.807) is 0 Å². The lowest BCUT2D eigenvalue weighted by atomic mass is 10.2. The summed E-state index contributed by atoms with van der Waals surface area (Å²) in [7, 11) is 0. The Morgan fingerprint density at radius 1 is 1.24 bits per heavy atom. The molecule has 1 aliphatic heterocycles. The summed E-state index contributed by atoms with van der Waals surface area (Å²) in [5.41, 5.74) is 0.205. The molecule has 1 aliphatic rings. The summed E-state index contributed by atoms with van der Waals surface area (Å²) in [5.74, 6) is -2.12. The van der Waals surface area contributed by atoms with Gasteiger partial charge in [-0.1, -0.05) is 0 Å². The van der Waals surface area contributed by atoms with Gasteiger partial charge in [-0.2, -0.15) is 0 Å². The number of imide groups is 1. The number of pyridine rings is 1. The Bertz CT molecular complexity index is 598. The molecule has 1 fully saturated rings. The van der Waals surface area contributed by atoms with E-state index < -0.39 is 11.9 Å². The van der Waals surface area contributed by atoms with Crippen molar-refractivity contribution >= 4 is 29.4 Å². The minimum absolute atomic E-state index is 0.0234. The quantitative estimate of drug-likeness (QED) is 0.751. The average molecular weight is 291 g/mol. The highest BCUT2D eigenvalue weighted by atomic mass is 16.4. The number of hydrogen-bond acceptors (Lipinski definition) is 5. The van der Waals surface area contributed by atoms with Gasteiger partial charge in [0.2, 0.25) is 17.7 Å². The Morgan fingerprint density at radius 3 is 2.52 bits per heavy atom. The van der Waals surface area contributed by atoms with Gasteiger partial charge in [-0.3, -0.25) is 24.3 Å². The number of aromatic carboxylic acids is 1. The van der Waals surface area contributed by atoms with Gasteiger partial charge in [0.05, 0.1) is 17.4 Å². The van der Waals surface area contributed by atoms with Gasteiger partial charge in [0, 0.05) is 32.0 Å². The van der Waals surface area contributed by atoms with Crippen molar-refractivity contribution in [1.29, 1.82) is 0 Å². The van der Waals surface area contributed by atoms with Crippen molar-refractivity contribution in [3.05, 3.63) is 24.0 Å². The monoisotopic (exact) mass is 291 g/mol. The number of amides is 3. The van der Waals surface area contributed by atoms with Crippen LogP contribution in [0.25, 0.3) is 0 Å². The van der Waals surface area contributed by atoms with E-state index in [-0.39, 0.29) is 48.9 Å². The Morgan fingerprint density at radius 2 is 1.90 bits per heavy atom. The third-order valence-electron chi connectivity index (χ3n) is 2.99. The largest absolute Gasteiger partial charge is 0.478 e. The normalized spacial score (nSPS) is 14.4. The van der Waals surface area contributed by atoms with E-state index in [2.05, 4.69) is 10.3 Å². The molecule has 21 heavy (non-hydrogen) atoms. The second-order valence-corrected chi connectivity index (χ2v) is 4.50. The van der Waals surface area contributed by atoms with Crippen LogP contribution in [0.15, 0.2) is 18.5 Å². The Balaban J connectivity index is 1.90. The maximum absolute atomic E-state index is 11.7. The van der Waals surface area contributed by atoms with E-state index in [9.17, 15) is 19.2 Å². The van der Waals surface area contributed by atoms with Crippen LogP contribution >= 0.6 is 0 Å². The lowest BCUT2D eigenvalue weighted by Gasteiger charge is -2.13. The van der Waals surface area contributed by atoms with Crippen LogP contribution in [0, 0.1) is 0 Å². The number of nitrogens with one attached hydrogen (secondary N) is 1. The van der Waals surface area contributed by atoms with Crippen LogP contribution < -0.4 is 5.32 Å². The third kappa shape index (κ3) is 3.62. The van der Waals surface area contributed by atoms with Crippen LogP contribution in [0.3, 0.4) is 0 Å². The van der Waals surface area contributed by atoms with Crippen LogP contribution in [0.4, 0.5) is 5.69 Å². The number of anilines is 1. The molecule has 0 spiro atoms. The van der Waals surface area contributed by atoms with E-state index in [0.29, 0.717) is 0 Å². The van der Waals surface area contributed by atoms with Crippen molar-refractivity contribution in [3.63, 3.8) is 0 Å². The summed E-state index contributed by atoms with van der Waals surface area (Å²) in [5, 5.41) is 11.3. The van der Waals surface area contributed by atoms with Gasteiger partial charge in [-0.05, 0) is 6.07 Å². The molecule has 0 unspecified atom stereocenters. The fourth-order valence-electron chi connectivity index (χ4n) is 1.93. The third-order valence-corrected chi connectivity index (χ3v) is 2.99. The molecule has 0 bridgehead atoms. The molecule has 2 N–H and O–H groups in total. The number of carbonyl (C=O) groups is 4. The van der Waals surface area contributed by atoms with Crippen molar-refractivity contribution in [2.75, 3.05) is 11.9 Å². The van der Waals surface area contributed by atoms with Crippen molar-refractivity contribution in [2.45, 2.75) is 19.3 Å². The number of rotatable bonds is 5. The molecular formula is C13H13N3O5. The SMILES string of the molecule is O=C(CCN1C(=O)CCC1=O)Nc1cncc(C(=O)O)c1. The minimum Gasteiger partial charge on any atom is -0.478 e. The predicted molar refractivity (Wildman–Crippen MR) is 70.4 cm³/mol. The summed E-state index contributed by atoms with van der Waals surface area (Å²) in [6, 6.07) is 1.28. The molecule has 8 nitrogen and oxygen atoms in total. The van der Waals surface area contributed by atoms with Crippen molar-refractivity contribution < 1.29 is 24.3 Å². The molecule has 0 aromatic carbocycles. The van der Waals surface area contributed by atoms with Gasteiger partial charge in [0.25, 0.3) is 0 Å². The van der Waals surface area contributed by atoms with Gasteiger partial charge in [-0.25, -0.2) is 4.79 Å². The zero-order valence-corrected chi connectivity index (χ0v) is 11.0. The van der Waals surface area contributed by atoms with Crippen molar-refractivity contribution in [1.82, 2.24) is 9.88 Å².